The number of ether oxygens (including phenoxy) is 1. The van der Waals surface area contributed by atoms with Gasteiger partial charge in [0.2, 0.25) is 0 Å². The number of carboxylic acids is 1. The van der Waals surface area contributed by atoms with Crippen LogP contribution < -0.4 is 5.32 Å². The van der Waals surface area contributed by atoms with Gasteiger partial charge in [0.25, 0.3) is 0 Å². The summed E-state index contributed by atoms with van der Waals surface area (Å²) >= 11 is 0. The Morgan fingerprint density at radius 1 is 1.38 bits per heavy atom. The van der Waals surface area contributed by atoms with Crippen LogP contribution in [0.15, 0.2) is 0 Å². The number of carbonyl (C=O) groups excluding carboxylic acids is 1. The van der Waals surface area contributed by atoms with E-state index in [1.54, 1.807) is 0 Å². The van der Waals surface area contributed by atoms with Crippen LogP contribution in [0.5, 0.6) is 0 Å². The molecule has 2 saturated heterocycles. The molecule has 120 valence electrons. The van der Waals surface area contributed by atoms with Gasteiger partial charge in [-0.3, -0.25) is 4.79 Å². The summed E-state index contributed by atoms with van der Waals surface area (Å²) in [6.07, 6.45) is 0.976. The molecule has 0 radical (unpaired) electrons. The Kier molecular flexibility index (Phi) is 5.04. The van der Waals surface area contributed by atoms with Crippen molar-refractivity contribution in [3.8, 4) is 0 Å². The molecule has 2 aliphatic rings. The second kappa shape index (κ2) is 6.61. The zero-order valence-corrected chi connectivity index (χ0v) is 12.5. The fourth-order valence-electron chi connectivity index (χ4n) is 2.69. The molecule has 0 aromatic heterocycles. The summed E-state index contributed by atoms with van der Waals surface area (Å²) in [6, 6.07) is -1.33. The second-order valence-corrected chi connectivity index (χ2v) is 7.65. The normalized spacial score (nSPS) is 28.9. The number of hydrogen-bond acceptors (Lipinski definition) is 5. The molecule has 2 fully saturated rings. The third kappa shape index (κ3) is 4.57. The standard InChI is InChI=1S/C12H20N2O6S/c15-11(16)6-10-7-20-4-3-14(10)12(17)13-9-2-1-5-21(18,19)8-9/h9-10H,1-8H2,(H,13,17)(H,15,16). The summed E-state index contributed by atoms with van der Waals surface area (Å²) in [5.74, 6) is -0.880. The molecule has 2 rings (SSSR count). The first-order valence-corrected chi connectivity index (χ1v) is 8.76. The Balaban J connectivity index is 1.95. The minimum atomic E-state index is -3.09. The van der Waals surface area contributed by atoms with Gasteiger partial charge in [0.05, 0.1) is 37.2 Å². The van der Waals surface area contributed by atoms with E-state index in [2.05, 4.69) is 5.32 Å². The molecule has 2 heterocycles. The molecule has 0 spiro atoms. The highest BCUT2D eigenvalue weighted by Gasteiger charge is 2.32. The predicted molar refractivity (Wildman–Crippen MR) is 73.8 cm³/mol. The third-order valence-corrected chi connectivity index (χ3v) is 5.51. The Hall–Kier alpha value is -1.35. The van der Waals surface area contributed by atoms with Crippen molar-refractivity contribution in [1.29, 1.82) is 0 Å². The van der Waals surface area contributed by atoms with E-state index in [0.29, 0.717) is 26.0 Å². The van der Waals surface area contributed by atoms with Gasteiger partial charge in [-0.05, 0) is 12.8 Å². The molecule has 2 amide bonds. The van der Waals surface area contributed by atoms with Gasteiger partial charge in [0.1, 0.15) is 0 Å². The lowest BCUT2D eigenvalue weighted by molar-refractivity contribution is -0.139. The van der Waals surface area contributed by atoms with Gasteiger partial charge in [0, 0.05) is 12.6 Å². The van der Waals surface area contributed by atoms with Crippen LogP contribution in [0.4, 0.5) is 4.79 Å². The molecule has 0 bridgehead atoms. The highest BCUT2D eigenvalue weighted by molar-refractivity contribution is 7.91. The topological polar surface area (TPSA) is 113 Å². The van der Waals surface area contributed by atoms with E-state index in [9.17, 15) is 18.0 Å². The number of sulfone groups is 1. The smallest absolute Gasteiger partial charge is 0.318 e. The summed E-state index contributed by atoms with van der Waals surface area (Å²) in [6.45, 7) is 0.846. The lowest BCUT2D eigenvalue weighted by Gasteiger charge is -2.36. The minimum Gasteiger partial charge on any atom is -0.481 e. The minimum absolute atomic E-state index is 0.0489. The summed E-state index contributed by atoms with van der Waals surface area (Å²) in [5.41, 5.74) is 0. The quantitative estimate of drug-likeness (QED) is 0.721. The molecule has 8 nitrogen and oxygen atoms in total. The molecular formula is C12H20N2O6S. The van der Waals surface area contributed by atoms with Gasteiger partial charge in [-0.2, -0.15) is 0 Å². The SMILES string of the molecule is O=C(O)CC1COCCN1C(=O)NC1CCCS(=O)(=O)C1. The number of hydrogen-bond donors (Lipinski definition) is 2. The average molecular weight is 320 g/mol. The number of rotatable bonds is 3. The summed E-state index contributed by atoms with van der Waals surface area (Å²) in [7, 11) is -3.09. The van der Waals surface area contributed by atoms with Crippen molar-refractivity contribution in [2.75, 3.05) is 31.3 Å². The van der Waals surface area contributed by atoms with E-state index in [4.69, 9.17) is 9.84 Å². The molecule has 2 aliphatic heterocycles. The van der Waals surface area contributed by atoms with Crippen LogP contribution in [-0.4, -0.2) is 73.8 Å². The fourth-order valence-corrected chi connectivity index (χ4v) is 4.32. The highest BCUT2D eigenvalue weighted by atomic mass is 32.2. The zero-order chi connectivity index (χ0) is 15.5. The van der Waals surface area contributed by atoms with Crippen LogP contribution in [-0.2, 0) is 19.4 Å². The highest BCUT2D eigenvalue weighted by Crippen LogP contribution is 2.15. The van der Waals surface area contributed by atoms with Crippen LogP contribution in [0, 0.1) is 0 Å². The monoisotopic (exact) mass is 320 g/mol. The third-order valence-electron chi connectivity index (χ3n) is 3.69. The molecule has 2 atom stereocenters. The first-order chi connectivity index (χ1) is 9.87. The molecule has 0 aliphatic carbocycles. The molecule has 21 heavy (non-hydrogen) atoms. The van der Waals surface area contributed by atoms with Gasteiger partial charge < -0.3 is 20.1 Å². The first-order valence-electron chi connectivity index (χ1n) is 6.94. The molecule has 0 saturated carbocycles. The van der Waals surface area contributed by atoms with Crippen molar-refractivity contribution in [3.05, 3.63) is 0 Å². The van der Waals surface area contributed by atoms with E-state index in [-0.39, 0.29) is 24.5 Å². The fraction of sp³-hybridized carbons (Fsp3) is 0.833. The van der Waals surface area contributed by atoms with Crippen LogP contribution in [0.2, 0.25) is 0 Å². The van der Waals surface area contributed by atoms with Gasteiger partial charge in [-0.15, -0.1) is 0 Å². The number of morpholine rings is 1. The van der Waals surface area contributed by atoms with Crippen LogP contribution >= 0.6 is 0 Å². The van der Waals surface area contributed by atoms with Gasteiger partial charge in [0.15, 0.2) is 9.84 Å². The number of carbonyl (C=O) groups is 2. The van der Waals surface area contributed by atoms with Crippen molar-refractivity contribution in [3.63, 3.8) is 0 Å². The summed E-state index contributed by atoms with van der Waals surface area (Å²) in [5, 5.41) is 11.6. The molecule has 2 N–H and O–H groups in total. The van der Waals surface area contributed by atoms with E-state index in [1.807, 2.05) is 0 Å². The maximum Gasteiger partial charge on any atom is 0.318 e. The van der Waals surface area contributed by atoms with Crippen molar-refractivity contribution in [2.24, 2.45) is 0 Å². The van der Waals surface area contributed by atoms with Crippen LogP contribution in [0.25, 0.3) is 0 Å². The number of aliphatic carboxylic acids is 1. The van der Waals surface area contributed by atoms with Gasteiger partial charge >= 0.3 is 12.0 Å². The summed E-state index contributed by atoms with van der Waals surface area (Å²) < 4.78 is 28.3. The number of amides is 2. The maximum absolute atomic E-state index is 12.2. The Bertz CT molecular complexity index is 506. The Morgan fingerprint density at radius 2 is 2.14 bits per heavy atom. The van der Waals surface area contributed by atoms with E-state index < -0.39 is 33.9 Å². The predicted octanol–water partition coefficient (Wildman–Crippen LogP) is -0.551. The van der Waals surface area contributed by atoms with Crippen molar-refractivity contribution < 1.29 is 27.9 Å². The van der Waals surface area contributed by atoms with Crippen molar-refractivity contribution in [1.82, 2.24) is 10.2 Å². The number of urea groups is 1. The molecule has 2 unspecified atom stereocenters. The molecular weight excluding hydrogens is 300 g/mol. The van der Waals surface area contributed by atoms with Crippen molar-refractivity contribution >= 4 is 21.8 Å². The van der Waals surface area contributed by atoms with Crippen LogP contribution in [0.1, 0.15) is 19.3 Å². The zero-order valence-electron chi connectivity index (χ0n) is 11.7. The van der Waals surface area contributed by atoms with Gasteiger partial charge in [-0.1, -0.05) is 0 Å². The lowest BCUT2D eigenvalue weighted by atomic mass is 10.1. The summed E-state index contributed by atoms with van der Waals surface area (Å²) in [4.78, 5) is 24.5. The first kappa shape index (κ1) is 16.0. The lowest BCUT2D eigenvalue weighted by Crippen LogP contribution is -2.56. The largest absolute Gasteiger partial charge is 0.481 e. The number of nitrogens with one attached hydrogen (secondary N) is 1. The average Bonchev–Trinajstić information content (AvgIpc) is 2.37. The van der Waals surface area contributed by atoms with E-state index >= 15 is 0 Å². The number of nitrogens with zero attached hydrogens (tertiary/aromatic N) is 1. The second-order valence-electron chi connectivity index (χ2n) is 5.42. The molecule has 9 heteroatoms. The Morgan fingerprint density at radius 3 is 2.81 bits per heavy atom. The molecule has 0 aromatic rings. The maximum atomic E-state index is 12.2. The van der Waals surface area contributed by atoms with Gasteiger partial charge in [-0.25, -0.2) is 13.2 Å². The van der Waals surface area contributed by atoms with Crippen LogP contribution in [0.3, 0.4) is 0 Å². The number of carboxylic acid groups (broad SMARTS) is 1. The molecule has 0 aromatic carbocycles. The van der Waals surface area contributed by atoms with E-state index in [1.165, 1.54) is 4.90 Å². The van der Waals surface area contributed by atoms with E-state index in [0.717, 1.165) is 0 Å². The van der Waals surface area contributed by atoms with Crippen molar-refractivity contribution in [2.45, 2.75) is 31.3 Å². The Labute approximate surface area is 123 Å².